The van der Waals surface area contributed by atoms with E-state index < -0.39 is 0 Å². The van der Waals surface area contributed by atoms with E-state index in [1.165, 1.54) is 33.7 Å². The zero-order valence-corrected chi connectivity index (χ0v) is 19.0. The van der Waals surface area contributed by atoms with Crippen molar-refractivity contribution in [3.8, 4) is 0 Å². The lowest BCUT2D eigenvalue weighted by Gasteiger charge is -2.28. The van der Waals surface area contributed by atoms with Crippen LogP contribution in [0.25, 0.3) is 0 Å². The molecular formula is C25H29N6S+. The average molecular weight is 446 g/mol. The second-order valence-electron chi connectivity index (χ2n) is 8.54. The van der Waals surface area contributed by atoms with Crippen molar-refractivity contribution in [3.63, 3.8) is 0 Å². The summed E-state index contributed by atoms with van der Waals surface area (Å²) >= 11 is 1.82. The highest BCUT2D eigenvalue weighted by Gasteiger charge is 2.34. The second-order valence-corrected chi connectivity index (χ2v) is 9.57. The van der Waals surface area contributed by atoms with Crippen LogP contribution in [0.4, 0.5) is 0 Å². The van der Waals surface area contributed by atoms with E-state index >= 15 is 0 Å². The number of rotatable bonds is 9. The van der Waals surface area contributed by atoms with Gasteiger partial charge in [0.25, 0.3) is 0 Å². The smallest absolute Gasteiger partial charge is 0.214 e. The van der Waals surface area contributed by atoms with Crippen LogP contribution in [0.15, 0.2) is 72.4 Å². The summed E-state index contributed by atoms with van der Waals surface area (Å²) in [6.45, 7) is 1.92. The predicted octanol–water partition coefficient (Wildman–Crippen LogP) is 3.66. The number of pyridine rings is 1. The SMILES string of the molecule is c1ccc(CC[NH+](Cc2cccs2)[C@@H](c2cccnc2)c2nnnn2C2CCCC2)cc1. The lowest BCUT2D eigenvalue weighted by Crippen LogP contribution is -3.11. The van der Waals surface area contributed by atoms with Crippen molar-refractivity contribution in [1.29, 1.82) is 0 Å². The molecule has 5 rings (SSSR count). The molecule has 3 aromatic heterocycles. The van der Waals surface area contributed by atoms with Crippen LogP contribution >= 0.6 is 11.3 Å². The van der Waals surface area contributed by atoms with E-state index in [0.29, 0.717) is 6.04 Å². The number of quaternary nitrogens is 1. The summed E-state index contributed by atoms with van der Waals surface area (Å²) in [7, 11) is 0. The minimum absolute atomic E-state index is 0.0325. The van der Waals surface area contributed by atoms with Crippen LogP contribution in [0.5, 0.6) is 0 Å². The largest absolute Gasteiger partial charge is 0.318 e. The highest BCUT2D eigenvalue weighted by atomic mass is 32.1. The number of hydrogen-bond donors (Lipinski definition) is 1. The van der Waals surface area contributed by atoms with Crippen molar-refractivity contribution in [3.05, 3.63) is 94.2 Å². The maximum atomic E-state index is 4.60. The molecule has 1 unspecified atom stereocenters. The molecule has 1 saturated carbocycles. The summed E-state index contributed by atoms with van der Waals surface area (Å²) in [6.07, 6.45) is 9.63. The molecule has 0 saturated heterocycles. The van der Waals surface area contributed by atoms with Gasteiger partial charge in [0.05, 0.1) is 17.5 Å². The predicted molar refractivity (Wildman–Crippen MR) is 125 cm³/mol. The molecule has 1 aromatic carbocycles. The topological polar surface area (TPSA) is 60.9 Å². The molecule has 6 nitrogen and oxygen atoms in total. The third kappa shape index (κ3) is 4.79. The van der Waals surface area contributed by atoms with Gasteiger partial charge in [-0.2, -0.15) is 0 Å². The van der Waals surface area contributed by atoms with Crippen LogP contribution in [-0.4, -0.2) is 31.7 Å². The molecule has 7 heteroatoms. The van der Waals surface area contributed by atoms with Gasteiger partial charge in [0.15, 0.2) is 6.04 Å². The van der Waals surface area contributed by atoms with Crippen molar-refractivity contribution >= 4 is 11.3 Å². The summed E-state index contributed by atoms with van der Waals surface area (Å²) < 4.78 is 2.11. The molecule has 164 valence electrons. The highest BCUT2D eigenvalue weighted by Crippen LogP contribution is 2.31. The summed E-state index contributed by atoms with van der Waals surface area (Å²) in [5.41, 5.74) is 2.53. The Labute approximate surface area is 192 Å². The third-order valence-corrected chi connectivity index (χ3v) is 7.31. The number of aromatic nitrogens is 5. The maximum Gasteiger partial charge on any atom is 0.214 e. The first-order chi connectivity index (χ1) is 15.9. The second kappa shape index (κ2) is 10.1. The van der Waals surface area contributed by atoms with Crippen LogP contribution in [0.2, 0.25) is 0 Å². The Morgan fingerprint density at radius 2 is 1.91 bits per heavy atom. The van der Waals surface area contributed by atoms with Crippen LogP contribution < -0.4 is 4.90 Å². The number of hydrogen-bond acceptors (Lipinski definition) is 5. The molecule has 0 bridgehead atoms. The van der Waals surface area contributed by atoms with E-state index in [-0.39, 0.29) is 6.04 Å². The van der Waals surface area contributed by atoms with E-state index in [0.717, 1.165) is 38.2 Å². The van der Waals surface area contributed by atoms with Crippen LogP contribution in [0.3, 0.4) is 0 Å². The minimum Gasteiger partial charge on any atom is -0.318 e. The Morgan fingerprint density at radius 3 is 2.66 bits per heavy atom. The van der Waals surface area contributed by atoms with Gasteiger partial charge in [-0.1, -0.05) is 49.2 Å². The Kier molecular flexibility index (Phi) is 6.65. The van der Waals surface area contributed by atoms with Gasteiger partial charge in [-0.3, -0.25) is 4.98 Å². The van der Waals surface area contributed by atoms with Crippen molar-refractivity contribution in [2.75, 3.05) is 6.54 Å². The van der Waals surface area contributed by atoms with Gasteiger partial charge in [0.2, 0.25) is 5.82 Å². The number of benzene rings is 1. The summed E-state index contributed by atoms with van der Waals surface area (Å²) in [4.78, 5) is 7.27. The monoisotopic (exact) mass is 445 g/mol. The number of nitrogens with one attached hydrogen (secondary N) is 1. The first kappa shape index (κ1) is 21.0. The molecule has 0 radical (unpaired) electrons. The molecule has 1 aliphatic carbocycles. The number of thiophene rings is 1. The van der Waals surface area contributed by atoms with Gasteiger partial charge in [-0.25, -0.2) is 4.68 Å². The molecule has 0 amide bonds. The molecule has 1 aliphatic rings. The van der Waals surface area contributed by atoms with Crippen LogP contribution in [-0.2, 0) is 13.0 Å². The van der Waals surface area contributed by atoms with Gasteiger partial charge >= 0.3 is 0 Å². The van der Waals surface area contributed by atoms with Gasteiger partial charge in [-0.05, 0) is 52.4 Å². The molecule has 32 heavy (non-hydrogen) atoms. The average Bonchev–Trinajstić information content (AvgIpc) is 3.62. The normalized spacial score (nSPS) is 16.2. The first-order valence-electron chi connectivity index (χ1n) is 11.5. The van der Waals surface area contributed by atoms with Gasteiger partial charge in [-0.15, -0.1) is 16.4 Å². The zero-order chi connectivity index (χ0) is 21.6. The molecule has 0 spiro atoms. The Balaban J connectivity index is 1.52. The third-order valence-electron chi connectivity index (χ3n) is 6.43. The first-order valence-corrected chi connectivity index (χ1v) is 12.3. The lowest BCUT2D eigenvalue weighted by molar-refractivity contribution is -0.939. The molecule has 2 atom stereocenters. The summed E-state index contributed by atoms with van der Waals surface area (Å²) in [5, 5.41) is 15.4. The highest BCUT2D eigenvalue weighted by molar-refractivity contribution is 7.09. The molecule has 4 aromatic rings. The van der Waals surface area contributed by atoms with Crippen LogP contribution in [0.1, 0.15) is 59.6 Å². The van der Waals surface area contributed by atoms with Gasteiger partial charge < -0.3 is 4.90 Å². The molecular weight excluding hydrogens is 416 g/mol. The van der Waals surface area contributed by atoms with Crippen molar-refractivity contribution in [2.45, 2.75) is 50.7 Å². The molecule has 3 heterocycles. The van der Waals surface area contributed by atoms with Gasteiger partial charge in [0, 0.05) is 24.4 Å². The van der Waals surface area contributed by atoms with Crippen molar-refractivity contribution in [2.24, 2.45) is 0 Å². The molecule has 0 aliphatic heterocycles. The Morgan fingerprint density at radius 1 is 1.03 bits per heavy atom. The van der Waals surface area contributed by atoms with Crippen LogP contribution in [0, 0.1) is 0 Å². The molecule has 1 fully saturated rings. The fourth-order valence-corrected chi connectivity index (χ4v) is 5.59. The minimum atomic E-state index is 0.0325. The Hall–Kier alpha value is -2.90. The van der Waals surface area contributed by atoms with E-state index in [2.05, 4.69) is 79.1 Å². The van der Waals surface area contributed by atoms with Crippen molar-refractivity contribution < 1.29 is 4.90 Å². The zero-order valence-electron chi connectivity index (χ0n) is 18.2. The quantitative estimate of drug-likeness (QED) is 0.427. The number of nitrogens with zero attached hydrogens (tertiary/aromatic N) is 5. The Bertz CT molecular complexity index is 1070. The molecule has 1 N–H and O–H groups in total. The van der Waals surface area contributed by atoms with E-state index in [1.54, 1.807) is 0 Å². The van der Waals surface area contributed by atoms with E-state index in [4.69, 9.17) is 0 Å². The van der Waals surface area contributed by atoms with E-state index in [1.807, 2.05) is 29.8 Å². The standard InChI is InChI=1S/C25H28N6S/c1-2-8-20(9-3-1)14-16-30(19-23-13-7-17-32-23)24(21-10-6-15-26-18-21)25-27-28-29-31(25)22-11-4-5-12-22/h1-3,6-10,13,15,17-18,22,24H,4-5,11-12,14,16,19H2/p+1/t24-/m0/s1. The fraction of sp³-hybridized carbons (Fsp3) is 0.360. The summed E-state index contributed by atoms with van der Waals surface area (Å²) in [6, 6.07) is 19.7. The van der Waals surface area contributed by atoms with Gasteiger partial charge in [0.1, 0.15) is 6.54 Å². The van der Waals surface area contributed by atoms with E-state index in [9.17, 15) is 0 Å². The fourth-order valence-electron chi connectivity index (χ4n) is 4.83. The lowest BCUT2D eigenvalue weighted by atomic mass is 10.0. The summed E-state index contributed by atoms with van der Waals surface area (Å²) in [5.74, 6) is 0.963. The maximum absolute atomic E-state index is 4.60. The van der Waals surface area contributed by atoms with Crippen molar-refractivity contribution in [1.82, 2.24) is 25.2 Å². The number of tetrazole rings is 1.